The number of benzene rings is 1. The zero-order chi connectivity index (χ0) is 23.1. The first-order valence-electron chi connectivity index (χ1n) is 9.74. The van der Waals surface area contributed by atoms with Gasteiger partial charge in [-0.3, -0.25) is 19.2 Å². The van der Waals surface area contributed by atoms with E-state index in [4.69, 9.17) is 32.7 Å². The number of hydrogen-bond acceptors (Lipinski definition) is 6. The third-order valence-corrected chi connectivity index (χ3v) is 4.79. The molecule has 0 saturated carbocycles. The van der Waals surface area contributed by atoms with Crippen LogP contribution < -0.4 is 0 Å². The molecule has 30 heavy (non-hydrogen) atoms. The Morgan fingerprint density at radius 3 is 2.00 bits per heavy atom. The largest absolute Gasteiger partial charge is 0.466 e. The van der Waals surface area contributed by atoms with E-state index in [1.165, 1.54) is 25.1 Å². The standard InChI is InChI=1S/C22H28Cl2O6/c1-6-29-18(26)9-7-8-10-22(14(2)25,20(28)30-21(3,4)5)19(27)15-11-16(23)13-17(24)12-15/h11-13H,6-10H2,1-5H3. The summed E-state index contributed by atoms with van der Waals surface area (Å²) in [5.41, 5.74) is -2.93. The van der Waals surface area contributed by atoms with E-state index in [0.717, 1.165) is 0 Å². The van der Waals surface area contributed by atoms with Crippen molar-refractivity contribution in [1.29, 1.82) is 0 Å². The molecule has 166 valence electrons. The molecule has 0 fully saturated rings. The van der Waals surface area contributed by atoms with Gasteiger partial charge in [0, 0.05) is 22.0 Å². The number of ketones is 2. The molecule has 1 aromatic carbocycles. The van der Waals surface area contributed by atoms with Gasteiger partial charge in [-0.25, -0.2) is 0 Å². The molecule has 0 N–H and O–H groups in total. The highest BCUT2D eigenvalue weighted by atomic mass is 35.5. The molecule has 1 unspecified atom stereocenters. The maximum absolute atomic E-state index is 13.4. The van der Waals surface area contributed by atoms with Gasteiger partial charge in [0.25, 0.3) is 0 Å². The Kier molecular flexibility index (Phi) is 9.50. The maximum atomic E-state index is 13.4. The Balaban J connectivity index is 3.30. The Bertz CT molecular complexity index is 792. The van der Waals surface area contributed by atoms with E-state index in [2.05, 4.69) is 0 Å². The molecule has 0 saturated heterocycles. The second-order valence-electron chi connectivity index (χ2n) is 7.96. The fourth-order valence-corrected chi connectivity index (χ4v) is 3.50. The number of Topliss-reactive ketones (excluding diaryl/α,β-unsaturated/α-hetero) is 2. The number of unbranched alkanes of at least 4 members (excludes halogenated alkanes) is 1. The number of carbonyl (C=O) groups is 4. The van der Waals surface area contributed by atoms with Crippen molar-refractivity contribution in [1.82, 2.24) is 0 Å². The van der Waals surface area contributed by atoms with E-state index in [9.17, 15) is 19.2 Å². The Morgan fingerprint density at radius 2 is 1.53 bits per heavy atom. The van der Waals surface area contributed by atoms with Gasteiger partial charge < -0.3 is 9.47 Å². The van der Waals surface area contributed by atoms with Gasteiger partial charge in [-0.05, 0) is 65.7 Å². The molecule has 0 bridgehead atoms. The van der Waals surface area contributed by atoms with Gasteiger partial charge in [0.1, 0.15) is 5.60 Å². The fraction of sp³-hybridized carbons (Fsp3) is 0.545. The normalized spacial score (nSPS) is 13.3. The minimum Gasteiger partial charge on any atom is -0.466 e. The SMILES string of the molecule is CCOC(=O)CCCCC(C(C)=O)(C(=O)OC(C)(C)C)C(=O)c1cc(Cl)cc(Cl)c1. The summed E-state index contributed by atoms with van der Waals surface area (Å²) in [5, 5.41) is 0.407. The smallest absolute Gasteiger partial charge is 0.328 e. The first-order valence-corrected chi connectivity index (χ1v) is 10.5. The molecule has 1 aromatic rings. The average Bonchev–Trinajstić information content (AvgIpc) is 2.59. The molecule has 1 atom stereocenters. The van der Waals surface area contributed by atoms with E-state index in [1.807, 2.05) is 0 Å². The summed E-state index contributed by atoms with van der Waals surface area (Å²) in [6.45, 7) is 8.10. The van der Waals surface area contributed by atoms with Crippen molar-refractivity contribution in [3.8, 4) is 0 Å². The van der Waals surface area contributed by atoms with E-state index in [1.54, 1.807) is 27.7 Å². The quantitative estimate of drug-likeness (QED) is 0.206. The van der Waals surface area contributed by atoms with Crippen molar-refractivity contribution >= 4 is 46.7 Å². The molecule has 0 spiro atoms. The van der Waals surface area contributed by atoms with Crippen molar-refractivity contribution in [3.05, 3.63) is 33.8 Å². The van der Waals surface area contributed by atoms with Gasteiger partial charge in [-0.15, -0.1) is 0 Å². The van der Waals surface area contributed by atoms with E-state index in [-0.39, 0.29) is 47.4 Å². The molecule has 0 aliphatic carbocycles. The summed E-state index contributed by atoms with van der Waals surface area (Å²) in [4.78, 5) is 50.9. The number of esters is 2. The monoisotopic (exact) mass is 458 g/mol. The molecule has 0 aliphatic rings. The van der Waals surface area contributed by atoms with Crippen LogP contribution in [0.25, 0.3) is 0 Å². The maximum Gasteiger partial charge on any atom is 0.328 e. The van der Waals surface area contributed by atoms with Crippen LogP contribution in [0, 0.1) is 5.41 Å². The highest BCUT2D eigenvalue weighted by Crippen LogP contribution is 2.35. The Morgan fingerprint density at radius 1 is 0.967 bits per heavy atom. The molecule has 0 aliphatic heterocycles. The van der Waals surface area contributed by atoms with Crippen molar-refractivity contribution < 1.29 is 28.7 Å². The van der Waals surface area contributed by atoms with Crippen molar-refractivity contribution in [2.24, 2.45) is 5.41 Å². The summed E-state index contributed by atoms with van der Waals surface area (Å²) in [6.07, 6.45) is 0.616. The lowest BCUT2D eigenvalue weighted by atomic mass is 9.73. The highest BCUT2D eigenvalue weighted by molar-refractivity contribution is 6.36. The third-order valence-electron chi connectivity index (χ3n) is 4.35. The van der Waals surface area contributed by atoms with Gasteiger partial charge in [0.15, 0.2) is 17.0 Å². The van der Waals surface area contributed by atoms with Crippen LogP contribution in [0.2, 0.25) is 10.0 Å². The van der Waals surface area contributed by atoms with Crippen LogP contribution in [0.4, 0.5) is 0 Å². The van der Waals surface area contributed by atoms with E-state index in [0.29, 0.717) is 6.42 Å². The molecule has 6 nitrogen and oxygen atoms in total. The second-order valence-corrected chi connectivity index (χ2v) is 8.84. The van der Waals surface area contributed by atoms with Gasteiger partial charge in [0.2, 0.25) is 0 Å². The van der Waals surface area contributed by atoms with Gasteiger partial charge in [0.05, 0.1) is 6.61 Å². The molecular weight excluding hydrogens is 431 g/mol. The molecular formula is C22H28Cl2O6. The van der Waals surface area contributed by atoms with E-state index >= 15 is 0 Å². The van der Waals surface area contributed by atoms with Crippen molar-refractivity contribution in [2.45, 2.75) is 65.9 Å². The van der Waals surface area contributed by atoms with Crippen LogP contribution in [0.3, 0.4) is 0 Å². The summed E-state index contributed by atoms with van der Waals surface area (Å²) in [6, 6.07) is 4.16. The molecule has 0 amide bonds. The Hall–Kier alpha value is -1.92. The summed E-state index contributed by atoms with van der Waals surface area (Å²) in [5.74, 6) is -2.69. The number of carbonyl (C=O) groups excluding carboxylic acids is 4. The topological polar surface area (TPSA) is 86.7 Å². The van der Waals surface area contributed by atoms with Crippen LogP contribution in [0.15, 0.2) is 18.2 Å². The lowest BCUT2D eigenvalue weighted by molar-refractivity contribution is -0.167. The number of halogens is 2. The van der Waals surface area contributed by atoms with Crippen molar-refractivity contribution in [3.63, 3.8) is 0 Å². The number of hydrogen-bond donors (Lipinski definition) is 0. The molecule has 1 rings (SSSR count). The molecule has 0 aromatic heterocycles. The summed E-state index contributed by atoms with van der Waals surface area (Å²) in [7, 11) is 0. The first kappa shape index (κ1) is 26.1. The Labute approximate surface area is 187 Å². The first-order chi connectivity index (χ1) is 13.8. The summed E-state index contributed by atoms with van der Waals surface area (Å²) < 4.78 is 10.3. The third kappa shape index (κ3) is 7.10. The van der Waals surface area contributed by atoms with Gasteiger partial charge in [-0.2, -0.15) is 0 Å². The predicted molar refractivity (Wildman–Crippen MR) is 115 cm³/mol. The zero-order valence-electron chi connectivity index (χ0n) is 18.0. The minimum atomic E-state index is -2.06. The van der Waals surface area contributed by atoms with Gasteiger partial charge in [-0.1, -0.05) is 29.6 Å². The van der Waals surface area contributed by atoms with Crippen LogP contribution >= 0.6 is 23.2 Å². The van der Waals surface area contributed by atoms with Crippen LogP contribution in [-0.4, -0.2) is 35.7 Å². The summed E-state index contributed by atoms with van der Waals surface area (Å²) >= 11 is 12.0. The lowest BCUT2D eigenvalue weighted by Gasteiger charge is -2.31. The van der Waals surface area contributed by atoms with Crippen LogP contribution in [-0.2, 0) is 23.9 Å². The lowest BCUT2D eigenvalue weighted by Crippen LogP contribution is -2.48. The average molecular weight is 459 g/mol. The van der Waals surface area contributed by atoms with Crippen LogP contribution in [0.1, 0.15) is 70.7 Å². The van der Waals surface area contributed by atoms with Gasteiger partial charge >= 0.3 is 11.9 Å². The van der Waals surface area contributed by atoms with Crippen molar-refractivity contribution in [2.75, 3.05) is 6.61 Å². The molecule has 0 heterocycles. The minimum absolute atomic E-state index is 0.0407. The second kappa shape index (κ2) is 10.9. The zero-order valence-corrected chi connectivity index (χ0v) is 19.5. The van der Waals surface area contributed by atoms with Crippen LogP contribution in [0.5, 0.6) is 0 Å². The van der Waals surface area contributed by atoms with E-state index < -0.39 is 28.6 Å². The number of rotatable bonds is 10. The molecule has 8 heteroatoms. The molecule has 0 radical (unpaired) electrons. The highest BCUT2D eigenvalue weighted by Gasteiger charge is 2.52. The fourth-order valence-electron chi connectivity index (χ4n) is 2.98. The predicted octanol–water partition coefficient (Wildman–Crippen LogP) is 5.22. The number of ether oxygens (including phenoxy) is 2.